The number of aliphatic hydroxyl groups excluding tert-OH is 3. The summed E-state index contributed by atoms with van der Waals surface area (Å²) in [5.41, 5.74) is 1.46. The molecule has 3 aliphatic rings. The summed E-state index contributed by atoms with van der Waals surface area (Å²) in [5.74, 6) is -1.64. The zero-order valence-corrected chi connectivity index (χ0v) is 20.8. The first-order valence-electron chi connectivity index (χ1n) is 12.0. The van der Waals surface area contributed by atoms with Crippen molar-refractivity contribution in [3.63, 3.8) is 0 Å². The van der Waals surface area contributed by atoms with Crippen LogP contribution >= 0.6 is 11.3 Å². The second kappa shape index (κ2) is 9.78. The Morgan fingerprint density at radius 1 is 1.35 bits per heavy atom. The van der Waals surface area contributed by atoms with Crippen molar-refractivity contribution in [2.45, 2.75) is 89.3 Å². The Hall–Kier alpha value is -1.65. The number of cyclic esters (lactones) is 1. The molecule has 3 heterocycles. The van der Waals surface area contributed by atoms with Crippen molar-refractivity contribution >= 4 is 29.2 Å². The van der Waals surface area contributed by atoms with Gasteiger partial charge in [-0.25, -0.2) is 4.98 Å². The van der Waals surface area contributed by atoms with Crippen LogP contribution in [0.3, 0.4) is 0 Å². The summed E-state index contributed by atoms with van der Waals surface area (Å²) < 4.78 is 11.8. The van der Waals surface area contributed by atoms with Crippen LogP contribution in [-0.2, 0) is 19.1 Å². The highest BCUT2D eigenvalue weighted by Crippen LogP contribution is 2.48. The first-order chi connectivity index (χ1) is 16.1. The van der Waals surface area contributed by atoms with Crippen LogP contribution in [0.2, 0.25) is 0 Å². The lowest BCUT2D eigenvalue weighted by Crippen LogP contribution is -2.54. The molecule has 3 fully saturated rings. The SMILES string of the molecule is C/C(=C\c1cscn1)C1CC2O[C@]2(CO)CCC[C@@H]2CC(C)(C(=O)[C@H](C)C2O)[C@@H](O)CC(=O)O1. The fourth-order valence-electron chi connectivity index (χ4n) is 5.77. The Bertz CT molecular complexity index is 934. The number of epoxide rings is 1. The molecule has 188 valence electrons. The molecule has 34 heavy (non-hydrogen) atoms. The lowest BCUT2D eigenvalue weighted by atomic mass is 9.60. The third-order valence-electron chi connectivity index (χ3n) is 8.14. The molecule has 0 radical (unpaired) electrons. The number of carbonyl (C=O) groups is 2. The molecule has 1 aromatic heterocycles. The van der Waals surface area contributed by atoms with Gasteiger partial charge < -0.3 is 24.8 Å². The molecule has 1 aromatic rings. The summed E-state index contributed by atoms with van der Waals surface area (Å²) in [6.45, 7) is 5.10. The van der Waals surface area contributed by atoms with Gasteiger partial charge in [-0.3, -0.25) is 9.59 Å². The van der Waals surface area contributed by atoms with Gasteiger partial charge in [0.2, 0.25) is 0 Å². The Morgan fingerprint density at radius 2 is 2.12 bits per heavy atom. The topological polar surface area (TPSA) is 129 Å². The van der Waals surface area contributed by atoms with Crippen molar-refractivity contribution < 1.29 is 34.4 Å². The minimum Gasteiger partial charge on any atom is -0.458 e. The van der Waals surface area contributed by atoms with Gasteiger partial charge in [0.05, 0.1) is 48.0 Å². The van der Waals surface area contributed by atoms with Crippen LogP contribution in [0.25, 0.3) is 6.08 Å². The van der Waals surface area contributed by atoms with Crippen LogP contribution < -0.4 is 0 Å². The number of fused-ring (bicyclic) bond motifs is 3. The zero-order chi connectivity index (χ0) is 24.7. The minimum absolute atomic E-state index is 0.133. The van der Waals surface area contributed by atoms with Crippen molar-refractivity contribution in [3.05, 3.63) is 22.2 Å². The van der Waals surface area contributed by atoms with Crippen molar-refractivity contribution in [2.24, 2.45) is 17.3 Å². The summed E-state index contributed by atoms with van der Waals surface area (Å²) in [5, 5.41) is 33.7. The standard InChI is InChI=1S/C25H35NO7S/c1-14(7-17-11-34-13-26-17)18-8-20-25(12-27,33-20)6-4-5-16-10-24(3,19(28)9-21(29)32-18)23(31)15(2)22(16)30/h7,11,13,15-16,18-20,22,27-28,30H,4-6,8-10,12H2,1-3H3/b14-7+/t15-,16-,18?,19+,20?,22?,24?,25+/m1/s1. The van der Waals surface area contributed by atoms with Crippen molar-refractivity contribution in [1.29, 1.82) is 0 Å². The maximum atomic E-state index is 13.1. The van der Waals surface area contributed by atoms with Gasteiger partial charge in [-0.05, 0) is 43.8 Å². The Morgan fingerprint density at radius 3 is 2.79 bits per heavy atom. The van der Waals surface area contributed by atoms with E-state index in [-0.39, 0.29) is 30.8 Å². The van der Waals surface area contributed by atoms with Gasteiger partial charge >= 0.3 is 5.97 Å². The molecule has 1 aliphatic carbocycles. The number of ether oxygens (including phenoxy) is 2. The molecule has 0 spiro atoms. The molecule has 4 unspecified atom stereocenters. The molecule has 8 atom stereocenters. The van der Waals surface area contributed by atoms with E-state index >= 15 is 0 Å². The van der Waals surface area contributed by atoms with Crippen LogP contribution in [0.15, 0.2) is 16.5 Å². The molecule has 3 N–H and O–H groups in total. The number of aromatic nitrogens is 1. The second-order valence-electron chi connectivity index (χ2n) is 10.5. The largest absolute Gasteiger partial charge is 0.458 e. The van der Waals surface area contributed by atoms with Gasteiger partial charge in [-0.2, -0.15) is 0 Å². The van der Waals surface area contributed by atoms with Gasteiger partial charge in [0.15, 0.2) is 0 Å². The average molecular weight is 494 g/mol. The number of hydrogen-bond donors (Lipinski definition) is 3. The lowest BCUT2D eigenvalue weighted by Gasteiger charge is -2.45. The highest BCUT2D eigenvalue weighted by molar-refractivity contribution is 7.07. The number of nitrogens with zero attached hydrogens (tertiary/aromatic N) is 1. The molecule has 8 nitrogen and oxygen atoms in total. The fourth-order valence-corrected chi connectivity index (χ4v) is 6.28. The summed E-state index contributed by atoms with van der Waals surface area (Å²) in [6, 6.07) is 0. The summed E-state index contributed by atoms with van der Waals surface area (Å²) in [6.07, 6.45) is 1.33. The third kappa shape index (κ3) is 4.86. The summed E-state index contributed by atoms with van der Waals surface area (Å²) in [7, 11) is 0. The van der Waals surface area contributed by atoms with E-state index in [2.05, 4.69) is 4.98 Å². The number of hydrogen-bond acceptors (Lipinski definition) is 9. The number of carbonyl (C=O) groups excluding carboxylic acids is 2. The van der Waals surface area contributed by atoms with Crippen molar-refractivity contribution in [1.82, 2.24) is 4.98 Å². The molecule has 9 heteroatoms. The van der Waals surface area contributed by atoms with E-state index in [0.717, 1.165) is 11.3 Å². The number of aliphatic hydroxyl groups is 3. The fraction of sp³-hybridized carbons (Fsp3) is 0.720. The molecular formula is C25H35NO7S. The third-order valence-corrected chi connectivity index (χ3v) is 8.74. The lowest BCUT2D eigenvalue weighted by molar-refractivity contribution is -0.161. The number of rotatable bonds is 3. The highest BCUT2D eigenvalue weighted by Gasteiger charge is 2.57. The maximum Gasteiger partial charge on any atom is 0.309 e. The van der Waals surface area contributed by atoms with Gasteiger partial charge in [0.25, 0.3) is 0 Å². The van der Waals surface area contributed by atoms with E-state index in [4.69, 9.17) is 9.47 Å². The smallest absolute Gasteiger partial charge is 0.309 e. The van der Waals surface area contributed by atoms with Crippen LogP contribution in [-0.4, -0.2) is 68.7 Å². The van der Waals surface area contributed by atoms with Gasteiger partial charge in [0, 0.05) is 17.7 Å². The van der Waals surface area contributed by atoms with Gasteiger partial charge in [-0.1, -0.05) is 20.3 Å². The predicted octanol–water partition coefficient (Wildman–Crippen LogP) is 2.51. The zero-order valence-electron chi connectivity index (χ0n) is 20.0. The number of Topliss-reactive ketones (excluding diaryl/α,β-unsaturated/α-hetero) is 1. The second-order valence-corrected chi connectivity index (χ2v) is 11.2. The normalized spacial score (nSPS) is 41.9. The quantitative estimate of drug-likeness (QED) is 0.433. The van der Waals surface area contributed by atoms with Crippen LogP contribution in [0.1, 0.15) is 65.0 Å². The predicted molar refractivity (Wildman–Crippen MR) is 126 cm³/mol. The minimum atomic E-state index is -1.20. The Labute approximate surface area is 204 Å². The van der Waals surface area contributed by atoms with E-state index in [1.165, 1.54) is 11.3 Å². The van der Waals surface area contributed by atoms with Gasteiger partial charge in [-0.15, -0.1) is 11.3 Å². The van der Waals surface area contributed by atoms with E-state index in [1.807, 2.05) is 18.4 Å². The van der Waals surface area contributed by atoms with E-state index in [9.17, 15) is 24.9 Å². The Balaban J connectivity index is 1.61. The molecule has 2 bridgehead atoms. The molecule has 2 aliphatic heterocycles. The molecular weight excluding hydrogens is 458 g/mol. The molecule has 1 saturated carbocycles. The highest BCUT2D eigenvalue weighted by atomic mass is 32.1. The summed E-state index contributed by atoms with van der Waals surface area (Å²) >= 11 is 1.47. The summed E-state index contributed by atoms with van der Waals surface area (Å²) in [4.78, 5) is 30.3. The Kier molecular flexibility index (Phi) is 7.32. The van der Waals surface area contributed by atoms with E-state index in [0.29, 0.717) is 32.1 Å². The maximum absolute atomic E-state index is 13.1. The van der Waals surface area contributed by atoms with Crippen molar-refractivity contribution in [2.75, 3.05) is 6.61 Å². The van der Waals surface area contributed by atoms with E-state index in [1.54, 1.807) is 19.4 Å². The average Bonchev–Trinajstić information content (AvgIpc) is 3.22. The van der Waals surface area contributed by atoms with Crippen LogP contribution in [0.5, 0.6) is 0 Å². The number of ketones is 1. The van der Waals surface area contributed by atoms with Crippen LogP contribution in [0, 0.1) is 17.3 Å². The monoisotopic (exact) mass is 493 g/mol. The van der Waals surface area contributed by atoms with E-state index < -0.39 is 41.2 Å². The van der Waals surface area contributed by atoms with Gasteiger partial charge in [0.1, 0.15) is 17.5 Å². The first-order valence-corrected chi connectivity index (χ1v) is 13.0. The molecule has 4 rings (SSSR count). The number of thiazole rings is 1. The number of esters is 1. The molecule has 2 saturated heterocycles. The van der Waals surface area contributed by atoms with Crippen molar-refractivity contribution in [3.8, 4) is 0 Å². The molecule has 0 amide bonds. The van der Waals surface area contributed by atoms with Crippen LogP contribution in [0.4, 0.5) is 0 Å². The first kappa shape index (κ1) is 25.4. The molecule has 0 aromatic carbocycles.